The Kier molecular flexibility index (Phi) is 5.61. The Balaban J connectivity index is 1.61. The highest BCUT2D eigenvalue weighted by Gasteiger charge is 2.36. The van der Waals surface area contributed by atoms with Gasteiger partial charge in [-0.2, -0.15) is 0 Å². The van der Waals surface area contributed by atoms with Crippen LogP contribution in [0.2, 0.25) is 0 Å². The van der Waals surface area contributed by atoms with E-state index in [1.807, 2.05) is 0 Å². The van der Waals surface area contributed by atoms with E-state index in [0.717, 1.165) is 30.0 Å². The van der Waals surface area contributed by atoms with Crippen molar-refractivity contribution in [2.75, 3.05) is 13.1 Å². The van der Waals surface area contributed by atoms with E-state index in [4.69, 9.17) is 0 Å². The molecule has 2 nitrogen and oxygen atoms in total. The molecule has 0 aromatic rings. The lowest BCUT2D eigenvalue weighted by Crippen LogP contribution is -2.61. The largest absolute Gasteiger partial charge is 0.311 e. The number of hydrogen-bond donors (Lipinski definition) is 1. The van der Waals surface area contributed by atoms with Gasteiger partial charge in [0.2, 0.25) is 0 Å². The summed E-state index contributed by atoms with van der Waals surface area (Å²) in [4.78, 5) is 2.93. The van der Waals surface area contributed by atoms with Gasteiger partial charge in [-0.25, -0.2) is 0 Å². The minimum absolute atomic E-state index is 0.785. The van der Waals surface area contributed by atoms with Crippen LogP contribution in [0.3, 0.4) is 0 Å². The molecule has 1 saturated heterocycles. The lowest BCUT2D eigenvalue weighted by molar-refractivity contribution is 0.0352. The van der Waals surface area contributed by atoms with Crippen molar-refractivity contribution < 1.29 is 0 Å². The first kappa shape index (κ1) is 15.8. The quantitative estimate of drug-likeness (QED) is 0.839. The van der Waals surface area contributed by atoms with Crippen molar-refractivity contribution in [3.63, 3.8) is 0 Å². The SMILES string of the molecule is CCC1CNC(C2CCCCC2)CN1C1CCC(C)CC1. The van der Waals surface area contributed by atoms with Crippen molar-refractivity contribution in [1.82, 2.24) is 10.2 Å². The topological polar surface area (TPSA) is 15.3 Å². The van der Waals surface area contributed by atoms with E-state index in [1.165, 1.54) is 77.3 Å². The first-order chi connectivity index (χ1) is 10.3. The second kappa shape index (κ2) is 7.46. The molecule has 0 amide bonds. The van der Waals surface area contributed by atoms with Crippen molar-refractivity contribution >= 4 is 0 Å². The third kappa shape index (κ3) is 3.82. The van der Waals surface area contributed by atoms with Crippen LogP contribution in [0.1, 0.15) is 78.1 Å². The van der Waals surface area contributed by atoms with E-state index in [2.05, 4.69) is 24.1 Å². The zero-order chi connectivity index (χ0) is 14.7. The van der Waals surface area contributed by atoms with Crippen LogP contribution >= 0.6 is 0 Å². The summed E-state index contributed by atoms with van der Waals surface area (Å²) in [5.74, 6) is 1.93. The molecule has 0 aromatic heterocycles. The molecule has 3 fully saturated rings. The van der Waals surface area contributed by atoms with Gasteiger partial charge in [0.05, 0.1) is 0 Å². The van der Waals surface area contributed by atoms with Crippen LogP contribution in [0.4, 0.5) is 0 Å². The maximum absolute atomic E-state index is 3.93. The summed E-state index contributed by atoms with van der Waals surface area (Å²) >= 11 is 0. The van der Waals surface area contributed by atoms with E-state index in [1.54, 1.807) is 0 Å². The Hall–Kier alpha value is -0.0800. The lowest BCUT2D eigenvalue weighted by Gasteiger charge is -2.48. The van der Waals surface area contributed by atoms with Gasteiger partial charge in [0.25, 0.3) is 0 Å². The number of rotatable bonds is 3. The number of hydrogen-bond acceptors (Lipinski definition) is 2. The van der Waals surface area contributed by atoms with Gasteiger partial charge in [-0.15, -0.1) is 0 Å². The predicted molar refractivity (Wildman–Crippen MR) is 90.6 cm³/mol. The van der Waals surface area contributed by atoms with Crippen LogP contribution in [0.15, 0.2) is 0 Å². The van der Waals surface area contributed by atoms with Gasteiger partial charge in [-0.1, -0.05) is 33.1 Å². The molecular formula is C19H36N2. The number of nitrogens with one attached hydrogen (secondary N) is 1. The summed E-state index contributed by atoms with van der Waals surface area (Å²) in [5.41, 5.74) is 0. The second-order valence-corrected chi connectivity index (χ2v) is 8.09. The maximum Gasteiger partial charge on any atom is 0.0224 e. The highest BCUT2D eigenvalue weighted by Crippen LogP contribution is 2.33. The molecule has 3 rings (SSSR count). The van der Waals surface area contributed by atoms with Crippen LogP contribution in [0, 0.1) is 11.8 Å². The summed E-state index contributed by atoms with van der Waals surface area (Å²) < 4.78 is 0. The van der Waals surface area contributed by atoms with E-state index in [9.17, 15) is 0 Å². The number of nitrogens with zero attached hydrogens (tertiary/aromatic N) is 1. The van der Waals surface area contributed by atoms with Crippen molar-refractivity contribution in [1.29, 1.82) is 0 Å². The second-order valence-electron chi connectivity index (χ2n) is 8.09. The first-order valence-corrected chi connectivity index (χ1v) is 9.77. The highest BCUT2D eigenvalue weighted by molar-refractivity contribution is 4.93. The maximum atomic E-state index is 3.93. The zero-order valence-electron chi connectivity index (χ0n) is 14.3. The third-order valence-electron chi connectivity index (χ3n) is 6.64. The lowest BCUT2D eigenvalue weighted by atomic mass is 9.81. The van der Waals surface area contributed by atoms with Crippen LogP contribution in [0.25, 0.3) is 0 Å². The molecule has 3 aliphatic rings. The molecule has 0 radical (unpaired) electrons. The predicted octanol–water partition coefficient (Wildman–Crippen LogP) is 4.20. The highest BCUT2D eigenvalue weighted by atomic mass is 15.3. The molecule has 0 spiro atoms. The Morgan fingerprint density at radius 3 is 2.33 bits per heavy atom. The zero-order valence-corrected chi connectivity index (χ0v) is 14.3. The van der Waals surface area contributed by atoms with Gasteiger partial charge in [-0.3, -0.25) is 4.90 Å². The summed E-state index contributed by atoms with van der Waals surface area (Å²) in [7, 11) is 0. The van der Waals surface area contributed by atoms with Crippen LogP contribution in [-0.4, -0.2) is 36.1 Å². The molecule has 2 unspecified atom stereocenters. The van der Waals surface area contributed by atoms with Crippen LogP contribution in [0.5, 0.6) is 0 Å². The Bertz CT molecular complexity index is 303. The molecule has 21 heavy (non-hydrogen) atoms. The summed E-state index contributed by atoms with van der Waals surface area (Å²) in [6.07, 6.45) is 14.5. The fourth-order valence-corrected chi connectivity index (χ4v) is 5.10. The van der Waals surface area contributed by atoms with Gasteiger partial charge in [-0.05, 0) is 56.8 Å². The Labute approximate surface area is 132 Å². The van der Waals surface area contributed by atoms with Crippen LogP contribution in [-0.2, 0) is 0 Å². The van der Waals surface area contributed by atoms with Gasteiger partial charge < -0.3 is 5.32 Å². The van der Waals surface area contributed by atoms with Gasteiger partial charge in [0.1, 0.15) is 0 Å². The molecule has 1 aliphatic heterocycles. The summed E-state index contributed by atoms with van der Waals surface area (Å²) in [5, 5.41) is 3.93. The molecule has 0 bridgehead atoms. The fraction of sp³-hybridized carbons (Fsp3) is 1.00. The number of piperazine rings is 1. The van der Waals surface area contributed by atoms with Crippen molar-refractivity contribution in [2.24, 2.45) is 11.8 Å². The summed E-state index contributed by atoms with van der Waals surface area (Å²) in [6, 6.07) is 2.47. The van der Waals surface area contributed by atoms with Crippen molar-refractivity contribution in [2.45, 2.75) is 96.2 Å². The first-order valence-electron chi connectivity index (χ1n) is 9.77. The van der Waals surface area contributed by atoms with Gasteiger partial charge in [0.15, 0.2) is 0 Å². The molecule has 1 heterocycles. The fourth-order valence-electron chi connectivity index (χ4n) is 5.10. The molecule has 1 N–H and O–H groups in total. The van der Waals surface area contributed by atoms with E-state index < -0.39 is 0 Å². The van der Waals surface area contributed by atoms with Crippen LogP contribution < -0.4 is 5.32 Å². The van der Waals surface area contributed by atoms with Crippen molar-refractivity contribution in [3.05, 3.63) is 0 Å². The van der Waals surface area contributed by atoms with Gasteiger partial charge >= 0.3 is 0 Å². The normalized spacial score (nSPS) is 40.3. The minimum atomic E-state index is 0.785. The molecule has 2 atom stereocenters. The average molecular weight is 293 g/mol. The Morgan fingerprint density at radius 2 is 1.67 bits per heavy atom. The smallest absolute Gasteiger partial charge is 0.0224 e. The molecular weight excluding hydrogens is 256 g/mol. The molecule has 2 aliphatic carbocycles. The third-order valence-corrected chi connectivity index (χ3v) is 6.64. The summed E-state index contributed by atoms with van der Waals surface area (Å²) in [6.45, 7) is 7.40. The molecule has 122 valence electrons. The van der Waals surface area contributed by atoms with E-state index in [-0.39, 0.29) is 0 Å². The van der Waals surface area contributed by atoms with E-state index in [0.29, 0.717) is 0 Å². The molecule has 2 heteroatoms. The molecule has 0 aromatic carbocycles. The molecule has 2 saturated carbocycles. The van der Waals surface area contributed by atoms with E-state index >= 15 is 0 Å². The van der Waals surface area contributed by atoms with Crippen molar-refractivity contribution in [3.8, 4) is 0 Å². The Morgan fingerprint density at radius 1 is 0.952 bits per heavy atom. The van der Waals surface area contributed by atoms with Gasteiger partial charge in [0, 0.05) is 31.2 Å². The monoisotopic (exact) mass is 292 g/mol. The minimum Gasteiger partial charge on any atom is -0.311 e. The average Bonchev–Trinajstić information content (AvgIpc) is 2.56. The standard InChI is InChI=1S/C19H36N2/c1-3-17-13-20-19(16-7-5-4-6-8-16)14-21(17)18-11-9-15(2)10-12-18/h15-20H,3-14H2,1-2H3.